The van der Waals surface area contributed by atoms with Crippen LogP contribution in [0, 0.1) is 0 Å². The lowest BCUT2D eigenvalue weighted by Crippen LogP contribution is -2.49. The molecule has 9 heteroatoms. The van der Waals surface area contributed by atoms with Gasteiger partial charge in [-0.05, 0) is 49.2 Å². The topological polar surface area (TPSA) is 61.9 Å². The molecule has 35 heavy (non-hydrogen) atoms. The number of hydrogen-bond donors (Lipinski definition) is 1. The molecule has 2 amide bonds. The molecule has 0 spiro atoms. The second kappa shape index (κ2) is 12.7. The maximum Gasteiger partial charge on any atom is 0.406 e. The minimum absolute atomic E-state index is 0.0898. The molecule has 2 aliphatic rings. The van der Waals surface area contributed by atoms with Gasteiger partial charge in [-0.25, -0.2) is 0 Å². The van der Waals surface area contributed by atoms with Crippen LogP contribution in [-0.2, 0) is 9.59 Å². The van der Waals surface area contributed by atoms with Crippen molar-refractivity contribution >= 4 is 11.8 Å². The van der Waals surface area contributed by atoms with Crippen LogP contribution in [-0.4, -0.2) is 60.6 Å². The fourth-order valence-corrected chi connectivity index (χ4v) is 4.55. The van der Waals surface area contributed by atoms with Gasteiger partial charge in [-0.2, -0.15) is 13.2 Å². The standard InChI is InChI=1S/C26H34F3N3O3/c1-35-22-14-12-20(13-15-22)24(25(34)30-21-9-4-2-5-10-21)32(19-26(27,28)29)23(33)11-8-18-31-16-6-3-7-17-31/h3,6-7,12-16,21,24H,2,4-5,8-11,17-19H2,1H3,(H,30,34). The van der Waals surface area contributed by atoms with E-state index in [1.54, 1.807) is 24.3 Å². The second-order valence-electron chi connectivity index (χ2n) is 9.02. The number of nitrogens with one attached hydrogen (secondary N) is 1. The van der Waals surface area contributed by atoms with Crippen LogP contribution in [0.4, 0.5) is 13.2 Å². The largest absolute Gasteiger partial charge is 0.497 e. The molecule has 1 N–H and O–H groups in total. The van der Waals surface area contributed by atoms with Crippen LogP contribution >= 0.6 is 0 Å². The second-order valence-corrected chi connectivity index (χ2v) is 9.02. The van der Waals surface area contributed by atoms with Crippen LogP contribution in [0.25, 0.3) is 0 Å². The molecular weight excluding hydrogens is 459 g/mol. The van der Waals surface area contributed by atoms with Crippen molar-refractivity contribution in [2.45, 2.75) is 63.2 Å². The molecule has 192 valence electrons. The first-order chi connectivity index (χ1) is 16.8. The molecule has 1 unspecified atom stereocenters. The molecule has 0 bridgehead atoms. The van der Waals surface area contributed by atoms with Crippen molar-refractivity contribution in [1.29, 1.82) is 0 Å². The number of methoxy groups -OCH3 is 1. The highest BCUT2D eigenvalue weighted by atomic mass is 19.4. The normalized spacial score (nSPS) is 17.2. The number of carbonyl (C=O) groups is 2. The number of nitrogens with zero attached hydrogens (tertiary/aromatic N) is 2. The minimum atomic E-state index is -4.65. The van der Waals surface area contributed by atoms with Gasteiger partial charge in [0.05, 0.1) is 7.11 Å². The van der Waals surface area contributed by atoms with Gasteiger partial charge in [0, 0.05) is 25.6 Å². The zero-order valence-electron chi connectivity index (χ0n) is 20.1. The van der Waals surface area contributed by atoms with E-state index in [4.69, 9.17) is 4.74 Å². The summed E-state index contributed by atoms with van der Waals surface area (Å²) in [5.74, 6) is -0.764. The van der Waals surface area contributed by atoms with Gasteiger partial charge in [0.25, 0.3) is 0 Å². The van der Waals surface area contributed by atoms with E-state index in [2.05, 4.69) is 5.32 Å². The highest BCUT2D eigenvalue weighted by molar-refractivity contribution is 5.89. The van der Waals surface area contributed by atoms with Crippen molar-refractivity contribution in [2.24, 2.45) is 0 Å². The van der Waals surface area contributed by atoms with E-state index in [0.717, 1.165) is 32.1 Å². The third-order valence-electron chi connectivity index (χ3n) is 6.33. The minimum Gasteiger partial charge on any atom is -0.497 e. The van der Waals surface area contributed by atoms with Gasteiger partial charge in [-0.15, -0.1) is 0 Å². The zero-order valence-corrected chi connectivity index (χ0v) is 20.1. The third-order valence-corrected chi connectivity index (χ3v) is 6.33. The van der Waals surface area contributed by atoms with E-state index in [9.17, 15) is 22.8 Å². The molecule has 1 atom stereocenters. The molecular formula is C26H34F3N3O3. The first-order valence-electron chi connectivity index (χ1n) is 12.1. The Bertz CT molecular complexity index is 893. The summed E-state index contributed by atoms with van der Waals surface area (Å²) in [5, 5.41) is 2.92. The quantitative estimate of drug-likeness (QED) is 0.512. The van der Waals surface area contributed by atoms with Gasteiger partial charge < -0.3 is 19.9 Å². The van der Waals surface area contributed by atoms with Crippen LogP contribution in [0.1, 0.15) is 56.6 Å². The lowest BCUT2D eigenvalue weighted by Gasteiger charge is -2.34. The van der Waals surface area contributed by atoms with Gasteiger partial charge in [0.1, 0.15) is 18.3 Å². The Kier molecular flexibility index (Phi) is 9.63. The molecule has 1 saturated carbocycles. The van der Waals surface area contributed by atoms with Crippen molar-refractivity contribution < 1.29 is 27.5 Å². The van der Waals surface area contributed by atoms with Crippen LogP contribution in [0.3, 0.4) is 0 Å². The van der Waals surface area contributed by atoms with Gasteiger partial charge in [0.2, 0.25) is 11.8 Å². The summed E-state index contributed by atoms with van der Waals surface area (Å²) in [6.45, 7) is -0.268. The molecule has 1 aromatic rings. The number of carbonyl (C=O) groups excluding carboxylic acids is 2. The predicted molar refractivity (Wildman–Crippen MR) is 128 cm³/mol. The summed E-state index contributed by atoms with van der Waals surface area (Å²) in [5.41, 5.74) is 0.320. The van der Waals surface area contributed by atoms with E-state index in [1.165, 1.54) is 7.11 Å². The monoisotopic (exact) mass is 493 g/mol. The van der Waals surface area contributed by atoms with Crippen LogP contribution in [0.15, 0.2) is 48.7 Å². The molecule has 1 fully saturated rings. The summed E-state index contributed by atoms with van der Waals surface area (Å²) in [6.07, 6.45) is 7.85. The van der Waals surface area contributed by atoms with Crippen molar-refractivity contribution in [3.8, 4) is 5.75 Å². The fraction of sp³-hybridized carbons (Fsp3) is 0.538. The third kappa shape index (κ3) is 8.33. The molecule has 1 aromatic carbocycles. The highest BCUT2D eigenvalue weighted by Crippen LogP contribution is 2.29. The molecule has 3 rings (SSSR count). The number of alkyl halides is 3. The van der Waals surface area contributed by atoms with E-state index in [-0.39, 0.29) is 12.5 Å². The number of ether oxygens (including phenoxy) is 1. The fourth-order valence-electron chi connectivity index (χ4n) is 4.55. The summed E-state index contributed by atoms with van der Waals surface area (Å²) in [7, 11) is 1.48. The van der Waals surface area contributed by atoms with Crippen molar-refractivity contribution in [3.63, 3.8) is 0 Å². The summed E-state index contributed by atoms with van der Waals surface area (Å²) < 4.78 is 46.0. The molecule has 0 saturated heterocycles. The average Bonchev–Trinajstić information content (AvgIpc) is 2.84. The van der Waals surface area contributed by atoms with E-state index in [0.29, 0.717) is 35.7 Å². The summed E-state index contributed by atoms with van der Waals surface area (Å²) in [6, 6.07) is 4.79. The number of benzene rings is 1. The van der Waals surface area contributed by atoms with Gasteiger partial charge in [-0.1, -0.05) is 43.5 Å². The van der Waals surface area contributed by atoms with Gasteiger partial charge in [0.15, 0.2) is 0 Å². The van der Waals surface area contributed by atoms with Crippen molar-refractivity contribution in [2.75, 3.05) is 26.7 Å². The summed E-state index contributed by atoms with van der Waals surface area (Å²) >= 11 is 0. The van der Waals surface area contributed by atoms with Gasteiger partial charge in [-0.3, -0.25) is 9.59 Å². The molecule has 1 heterocycles. The Hall–Kier alpha value is -2.97. The first-order valence-corrected chi connectivity index (χ1v) is 12.1. The number of amides is 2. The Morgan fingerprint density at radius 2 is 1.86 bits per heavy atom. The average molecular weight is 494 g/mol. The molecule has 6 nitrogen and oxygen atoms in total. The molecule has 0 radical (unpaired) electrons. The SMILES string of the molecule is COc1ccc(C(C(=O)NC2CCCCC2)N(CC(F)(F)F)C(=O)CCCN2C=CC=CC2)cc1. The Morgan fingerprint density at radius 1 is 1.14 bits per heavy atom. The van der Waals surface area contributed by atoms with E-state index in [1.807, 2.05) is 29.3 Å². The highest BCUT2D eigenvalue weighted by Gasteiger charge is 2.40. The van der Waals surface area contributed by atoms with Crippen molar-refractivity contribution in [1.82, 2.24) is 15.1 Å². The number of rotatable bonds is 10. The smallest absolute Gasteiger partial charge is 0.406 e. The summed E-state index contributed by atoms with van der Waals surface area (Å²) in [4.78, 5) is 29.2. The number of allylic oxidation sites excluding steroid dienone is 2. The van der Waals surface area contributed by atoms with E-state index >= 15 is 0 Å². The first kappa shape index (κ1) is 26.6. The van der Waals surface area contributed by atoms with Gasteiger partial charge >= 0.3 is 6.18 Å². The predicted octanol–water partition coefficient (Wildman–Crippen LogP) is 4.74. The van der Waals surface area contributed by atoms with Crippen LogP contribution < -0.4 is 10.1 Å². The molecule has 1 aliphatic heterocycles. The Morgan fingerprint density at radius 3 is 2.46 bits per heavy atom. The maximum atomic E-state index is 13.6. The van der Waals surface area contributed by atoms with Crippen LogP contribution in [0.2, 0.25) is 0 Å². The molecule has 0 aromatic heterocycles. The maximum absolute atomic E-state index is 13.6. The number of hydrogen-bond acceptors (Lipinski definition) is 4. The van der Waals surface area contributed by atoms with E-state index < -0.39 is 30.6 Å². The number of halogens is 3. The van der Waals surface area contributed by atoms with Crippen LogP contribution in [0.5, 0.6) is 5.75 Å². The Balaban J connectivity index is 1.81. The lowest BCUT2D eigenvalue weighted by molar-refractivity contribution is -0.169. The zero-order chi connectivity index (χ0) is 25.3. The Labute approximate surface area is 204 Å². The van der Waals surface area contributed by atoms with Crippen molar-refractivity contribution in [3.05, 3.63) is 54.3 Å². The molecule has 1 aliphatic carbocycles. The lowest BCUT2D eigenvalue weighted by atomic mass is 9.94.